The van der Waals surface area contributed by atoms with E-state index in [1.807, 2.05) is 31.2 Å². The quantitative estimate of drug-likeness (QED) is 0.897. The Morgan fingerprint density at radius 3 is 2.56 bits per heavy atom. The van der Waals surface area contributed by atoms with Crippen molar-refractivity contribution in [2.75, 3.05) is 5.32 Å². The molecule has 0 aliphatic rings. The number of hydrogen-bond donors (Lipinski definition) is 1. The lowest BCUT2D eigenvalue weighted by molar-refractivity contribution is 0.720. The predicted octanol–water partition coefficient (Wildman–Crippen LogP) is 2.57. The van der Waals surface area contributed by atoms with Crippen LogP contribution in [0.5, 0.6) is 0 Å². The summed E-state index contributed by atoms with van der Waals surface area (Å²) in [6.45, 7) is 4.69. The highest BCUT2D eigenvalue weighted by atomic mass is 16.1. The average molecular weight is 243 g/mol. The second kappa shape index (κ2) is 5.49. The fourth-order valence-corrected chi connectivity index (χ4v) is 1.74. The van der Waals surface area contributed by atoms with Gasteiger partial charge < -0.3 is 9.88 Å². The maximum atomic E-state index is 12.0. The number of aromatic nitrogens is 2. The largest absolute Gasteiger partial charge is 0.336 e. The summed E-state index contributed by atoms with van der Waals surface area (Å²) in [5, 5.41) is 3.05. The third kappa shape index (κ3) is 2.59. The molecule has 2 aromatic rings. The molecule has 0 saturated heterocycles. The molecule has 1 aromatic carbocycles. The second-order valence-electron chi connectivity index (χ2n) is 4.04. The molecular weight excluding hydrogens is 226 g/mol. The minimum absolute atomic E-state index is 0.0976. The molecule has 0 saturated carbocycles. The van der Waals surface area contributed by atoms with E-state index in [9.17, 15) is 4.79 Å². The highest BCUT2D eigenvalue weighted by Crippen LogP contribution is 2.13. The van der Waals surface area contributed by atoms with Crippen molar-refractivity contribution < 1.29 is 0 Å². The molecule has 4 heteroatoms. The average Bonchev–Trinajstić information content (AvgIpc) is 2.42. The molecule has 1 heterocycles. The Morgan fingerprint density at radius 1 is 1.22 bits per heavy atom. The molecular formula is C14H17N3O. The van der Waals surface area contributed by atoms with Crippen molar-refractivity contribution in [3.63, 3.8) is 0 Å². The van der Waals surface area contributed by atoms with Crippen LogP contribution in [-0.4, -0.2) is 9.55 Å². The molecule has 0 fully saturated rings. The Bertz CT molecular complexity index is 572. The summed E-state index contributed by atoms with van der Waals surface area (Å²) in [7, 11) is 0. The predicted molar refractivity (Wildman–Crippen MR) is 73.3 cm³/mol. The van der Waals surface area contributed by atoms with Gasteiger partial charge in [-0.3, -0.25) is 4.79 Å². The Kier molecular flexibility index (Phi) is 3.77. The van der Waals surface area contributed by atoms with Crippen molar-refractivity contribution in [1.82, 2.24) is 9.55 Å². The number of hydrogen-bond acceptors (Lipinski definition) is 3. The van der Waals surface area contributed by atoms with E-state index in [-0.39, 0.29) is 5.56 Å². The number of benzene rings is 1. The molecule has 0 bridgehead atoms. The van der Waals surface area contributed by atoms with Gasteiger partial charge in [-0.15, -0.1) is 0 Å². The van der Waals surface area contributed by atoms with Gasteiger partial charge in [-0.1, -0.05) is 19.1 Å². The van der Waals surface area contributed by atoms with E-state index in [0.717, 1.165) is 12.1 Å². The molecule has 1 N–H and O–H groups in total. The standard InChI is InChI=1S/C14H17N3O/c1-3-11-5-7-12(8-6-11)16-13-14(18)17(4-2)10-9-15-13/h5-10H,3-4H2,1-2H3,(H,15,16). The summed E-state index contributed by atoms with van der Waals surface area (Å²) in [6.07, 6.45) is 4.33. The Labute approximate surface area is 106 Å². The Hall–Kier alpha value is -2.10. The monoisotopic (exact) mass is 243 g/mol. The number of nitrogens with zero attached hydrogens (tertiary/aromatic N) is 2. The van der Waals surface area contributed by atoms with Crippen molar-refractivity contribution >= 4 is 11.5 Å². The van der Waals surface area contributed by atoms with E-state index in [1.54, 1.807) is 17.0 Å². The van der Waals surface area contributed by atoms with Crippen molar-refractivity contribution in [3.8, 4) is 0 Å². The zero-order chi connectivity index (χ0) is 13.0. The van der Waals surface area contributed by atoms with Crippen LogP contribution in [-0.2, 0) is 13.0 Å². The summed E-state index contributed by atoms with van der Waals surface area (Å²) in [5.41, 5.74) is 2.05. The molecule has 0 spiro atoms. The van der Waals surface area contributed by atoms with E-state index < -0.39 is 0 Å². The lowest BCUT2D eigenvalue weighted by Gasteiger charge is -2.07. The number of rotatable bonds is 4. The molecule has 0 aliphatic heterocycles. The van der Waals surface area contributed by atoms with E-state index in [2.05, 4.69) is 17.2 Å². The fraction of sp³-hybridized carbons (Fsp3) is 0.286. The van der Waals surface area contributed by atoms with E-state index in [1.165, 1.54) is 5.56 Å². The number of aryl methyl sites for hydroxylation is 2. The maximum Gasteiger partial charge on any atom is 0.293 e. The van der Waals surface area contributed by atoms with E-state index in [4.69, 9.17) is 0 Å². The van der Waals surface area contributed by atoms with Crippen molar-refractivity contribution in [2.45, 2.75) is 26.8 Å². The summed E-state index contributed by atoms with van der Waals surface area (Å²) in [6, 6.07) is 8.01. The lowest BCUT2D eigenvalue weighted by atomic mass is 10.1. The molecule has 0 atom stereocenters. The van der Waals surface area contributed by atoms with Crippen LogP contribution in [0.2, 0.25) is 0 Å². The van der Waals surface area contributed by atoms with Gasteiger partial charge in [-0.2, -0.15) is 0 Å². The molecule has 18 heavy (non-hydrogen) atoms. The van der Waals surface area contributed by atoms with Crippen LogP contribution < -0.4 is 10.9 Å². The first-order chi connectivity index (χ1) is 8.74. The van der Waals surface area contributed by atoms with Crippen LogP contribution in [0.4, 0.5) is 11.5 Å². The Morgan fingerprint density at radius 2 is 1.94 bits per heavy atom. The highest BCUT2D eigenvalue weighted by Gasteiger charge is 2.03. The van der Waals surface area contributed by atoms with Crippen LogP contribution in [0, 0.1) is 0 Å². The van der Waals surface area contributed by atoms with Crippen LogP contribution in [0.25, 0.3) is 0 Å². The van der Waals surface area contributed by atoms with E-state index in [0.29, 0.717) is 12.4 Å². The fourth-order valence-electron chi connectivity index (χ4n) is 1.74. The van der Waals surface area contributed by atoms with Gasteiger partial charge >= 0.3 is 0 Å². The first-order valence-electron chi connectivity index (χ1n) is 6.16. The topological polar surface area (TPSA) is 46.9 Å². The SMILES string of the molecule is CCc1ccc(Nc2nccn(CC)c2=O)cc1. The lowest BCUT2D eigenvalue weighted by Crippen LogP contribution is -2.22. The zero-order valence-corrected chi connectivity index (χ0v) is 10.7. The van der Waals surface area contributed by atoms with Gasteiger partial charge in [-0.25, -0.2) is 4.98 Å². The van der Waals surface area contributed by atoms with Gasteiger partial charge in [0.15, 0.2) is 5.82 Å². The summed E-state index contributed by atoms with van der Waals surface area (Å²) < 4.78 is 1.62. The van der Waals surface area contributed by atoms with Crippen LogP contribution in [0.3, 0.4) is 0 Å². The first kappa shape index (κ1) is 12.4. The summed E-state index contributed by atoms with van der Waals surface area (Å²) in [5.74, 6) is 0.364. The molecule has 1 aromatic heterocycles. The van der Waals surface area contributed by atoms with Crippen molar-refractivity contribution in [2.24, 2.45) is 0 Å². The van der Waals surface area contributed by atoms with Gasteiger partial charge in [0.05, 0.1) is 0 Å². The maximum absolute atomic E-state index is 12.0. The highest BCUT2D eigenvalue weighted by molar-refractivity contribution is 5.55. The van der Waals surface area contributed by atoms with Crippen molar-refractivity contribution in [3.05, 3.63) is 52.6 Å². The summed E-state index contributed by atoms with van der Waals surface area (Å²) in [4.78, 5) is 16.0. The molecule has 2 rings (SSSR count). The van der Waals surface area contributed by atoms with Gasteiger partial charge in [-0.05, 0) is 31.0 Å². The molecule has 0 amide bonds. The molecule has 94 valence electrons. The first-order valence-corrected chi connectivity index (χ1v) is 6.16. The summed E-state index contributed by atoms with van der Waals surface area (Å²) >= 11 is 0. The second-order valence-corrected chi connectivity index (χ2v) is 4.04. The third-order valence-electron chi connectivity index (χ3n) is 2.88. The molecule has 0 radical (unpaired) electrons. The number of nitrogens with one attached hydrogen (secondary N) is 1. The van der Waals surface area contributed by atoms with E-state index >= 15 is 0 Å². The van der Waals surface area contributed by atoms with Gasteiger partial charge in [0, 0.05) is 24.6 Å². The molecule has 0 aliphatic carbocycles. The van der Waals surface area contributed by atoms with Crippen molar-refractivity contribution in [1.29, 1.82) is 0 Å². The van der Waals surface area contributed by atoms with Crippen LogP contribution >= 0.6 is 0 Å². The molecule has 0 unspecified atom stereocenters. The Balaban J connectivity index is 2.25. The minimum Gasteiger partial charge on any atom is -0.336 e. The molecule has 4 nitrogen and oxygen atoms in total. The van der Waals surface area contributed by atoms with Crippen LogP contribution in [0.1, 0.15) is 19.4 Å². The zero-order valence-electron chi connectivity index (χ0n) is 10.7. The number of anilines is 2. The van der Waals surface area contributed by atoms with Gasteiger partial charge in [0.25, 0.3) is 5.56 Å². The van der Waals surface area contributed by atoms with Gasteiger partial charge in [0.2, 0.25) is 0 Å². The van der Waals surface area contributed by atoms with Gasteiger partial charge in [0.1, 0.15) is 0 Å². The smallest absolute Gasteiger partial charge is 0.293 e. The van der Waals surface area contributed by atoms with Crippen LogP contribution in [0.15, 0.2) is 41.5 Å². The minimum atomic E-state index is -0.0976. The normalized spacial score (nSPS) is 10.3. The third-order valence-corrected chi connectivity index (χ3v) is 2.88.